The summed E-state index contributed by atoms with van der Waals surface area (Å²) >= 11 is 0. The second-order valence-corrected chi connectivity index (χ2v) is 22.2. The lowest BCUT2D eigenvalue weighted by Crippen LogP contribution is -2.74. The minimum atomic E-state index is -3.06. The van der Waals surface area contributed by atoms with E-state index < -0.39 is 8.07 Å². The lowest BCUT2D eigenvalue weighted by Gasteiger charge is -2.35. The highest BCUT2D eigenvalue weighted by molar-refractivity contribution is 7.20. The molecule has 3 nitrogen and oxygen atoms in total. The second-order valence-electron chi connectivity index (χ2n) is 18.4. The molecule has 0 saturated heterocycles. The quantitative estimate of drug-likeness (QED) is 0.107. The first-order valence-corrected chi connectivity index (χ1v) is 26.2. The largest absolute Gasteiger partial charge is 0.309 e. The molecule has 0 bridgehead atoms. The van der Waals surface area contributed by atoms with Gasteiger partial charge in [0, 0.05) is 43.7 Å². The van der Waals surface area contributed by atoms with Gasteiger partial charge in [-0.3, -0.25) is 0 Å². The Labute approximate surface area is 407 Å². The van der Waals surface area contributed by atoms with Crippen LogP contribution in [0.5, 0.6) is 0 Å². The molecular formula is C66H45N3Si. The Hall–Kier alpha value is -8.96. The molecular weight excluding hydrogens is 863 g/mol. The maximum absolute atomic E-state index is 3.06. The summed E-state index contributed by atoms with van der Waals surface area (Å²) in [6.07, 6.45) is 0. The molecule has 0 fully saturated rings. The minimum Gasteiger partial charge on any atom is -0.309 e. The molecule has 0 aliphatic heterocycles. The summed E-state index contributed by atoms with van der Waals surface area (Å²) in [5.74, 6) is 0. The van der Waals surface area contributed by atoms with Crippen molar-refractivity contribution >= 4 is 94.2 Å². The summed E-state index contributed by atoms with van der Waals surface area (Å²) in [6.45, 7) is 0. The van der Waals surface area contributed by atoms with E-state index in [0.29, 0.717) is 0 Å². The summed E-state index contributed by atoms with van der Waals surface area (Å²) < 4.78 is 7.55. The van der Waals surface area contributed by atoms with Crippen molar-refractivity contribution in [3.63, 3.8) is 0 Å². The van der Waals surface area contributed by atoms with E-state index in [4.69, 9.17) is 0 Å². The molecule has 0 radical (unpaired) electrons. The van der Waals surface area contributed by atoms with Crippen molar-refractivity contribution in [2.24, 2.45) is 0 Å². The number of rotatable bonds is 8. The predicted octanol–water partition coefficient (Wildman–Crippen LogP) is 14.0. The van der Waals surface area contributed by atoms with Gasteiger partial charge in [-0.15, -0.1) is 0 Å². The summed E-state index contributed by atoms with van der Waals surface area (Å²) in [5.41, 5.74) is 12.8. The van der Waals surface area contributed by atoms with Crippen LogP contribution < -0.4 is 20.7 Å². The third-order valence-corrected chi connectivity index (χ3v) is 19.6. The first kappa shape index (κ1) is 40.1. The summed E-state index contributed by atoms with van der Waals surface area (Å²) in [5, 5.41) is 12.8. The number of para-hydroxylation sites is 4. The van der Waals surface area contributed by atoms with Gasteiger partial charge in [0.15, 0.2) is 8.07 Å². The molecule has 0 amide bonds. The fourth-order valence-electron chi connectivity index (χ4n) is 11.9. The van der Waals surface area contributed by atoms with Gasteiger partial charge in [0.25, 0.3) is 0 Å². The van der Waals surface area contributed by atoms with E-state index in [1.54, 1.807) is 0 Å². The SMILES string of the molecule is c1ccc(-c2ccc(-n3c4ccccc4c4ccc(-n5c6ccccc6c6c([Si](c7ccccc7)(c7ccccc7)c7ccccc7)ccc(-n7c8ccccc8c8ccccc87)c65)cc43)cc2)cc1. The van der Waals surface area contributed by atoms with E-state index in [9.17, 15) is 0 Å². The number of benzene rings is 11. The van der Waals surface area contributed by atoms with Crippen molar-refractivity contribution in [3.05, 3.63) is 273 Å². The molecule has 14 rings (SSSR count). The molecule has 328 valence electrons. The smallest absolute Gasteiger partial charge is 0.180 e. The fourth-order valence-corrected chi connectivity index (χ4v) is 16.8. The molecule has 0 aliphatic carbocycles. The average molecular weight is 908 g/mol. The normalized spacial score (nSPS) is 12.0. The van der Waals surface area contributed by atoms with Gasteiger partial charge in [0.2, 0.25) is 0 Å². The Morgan fingerprint density at radius 2 is 0.657 bits per heavy atom. The highest BCUT2D eigenvalue weighted by Gasteiger charge is 2.43. The van der Waals surface area contributed by atoms with E-state index in [1.165, 1.54) is 91.8 Å². The van der Waals surface area contributed by atoms with E-state index in [1.807, 2.05) is 0 Å². The van der Waals surface area contributed by atoms with Crippen LogP contribution in [0.2, 0.25) is 0 Å². The predicted molar refractivity (Wildman–Crippen MR) is 299 cm³/mol. The Balaban J connectivity index is 1.14. The zero-order chi connectivity index (χ0) is 46.2. The first-order chi connectivity index (χ1) is 34.8. The maximum atomic E-state index is 2.58. The van der Waals surface area contributed by atoms with Crippen molar-refractivity contribution in [2.75, 3.05) is 0 Å². The van der Waals surface area contributed by atoms with Crippen LogP contribution in [0.25, 0.3) is 93.6 Å². The number of fused-ring (bicyclic) bond motifs is 9. The number of nitrogens with zero attached hydrogens (tertiary/aromatic N) is 3. The molecule has 0 N–H and O–H groups in total. The lowest BCUT2D eigenvalue weighted by atomic mass is 10.1. The van der Waals surface area contributed by atoms with Gasteiger partial charge in [-0.25, -0.2) is 0 Å². The minimum absolute atomic E-state index is 1.11. The molecule has 0 atom stereocenters. The van der Waals surface area contributed by atoms with Crippen molar-refractivity contribution < 1.29 is 0 Å². The van der Waals surface area contributed by atoms with Crippen LogP contribution in [-0.2, 0) is 0 Å². The Bertz CT molecular complexity index is 4110. The second kappa shape index (κ2) is 16.1. The van der Waals surface area contributed by atoms with Gasteiger partial charge in [-0.1, -0.05) is 218 Å². The topological polar surface area (TPSA) is 14.8 Å². The first-order valence-electron chi connectivity index (χ1n) is 24.2. The molecule has 0 unspecified atom stereocenters. The van der Waals surface area contributed by atoms with Crippen LogP contribution in [0.3, 0.4) is 0 Å². The van der Waals surface area contributed by atoms with Gasteiger partial charge in [-0.2, -0.15) is 0 Å². The van der Waals surface area contributed by atoms with Crippen molar-refractivity contribution in [1.82, 2.24) is 13.7 Å². The van der Waals surface area contributed by atoms with Crippen LogP contribution in [0.1, 0.15) is 0 Å². The van der Waals surface area contributed by atoms with Crippen molar-refractivity contribution in [1.29, 1.82) is 0 Å². The van der Waals surface area contributed by atoms with Crippen LogP contribution in [-0.4, -0.2) is 21.8 Å². The van der Waals surface area contributed by atoms with Crippen LogP contribution in [0.15, 0.2) is 273 Å². The molecule has 70 heavy (non-hydrogen) atoms. The molecule has 3 aromatic heterocycles. The van der Waals surface area contributed by atoms with Crippen LogP contribution in [0, 0.1) is 0 Å². The zero-order valence-electron chi connectivity index (χ0n) is 38.3. The number of aromatic nitrogens is 3. The zero-order valence-corrected chi connectivity index (χ0v) is 39.3. The van der Waals surface area contributed by atoms with Gasteiger partial charge < -0.3 is 13.7 Å². The maximum Gasteiger partial charge on any atom is 0.180 e. The van der Waals surface area contributed by atoms with Gasteiger partial charge in [-0.05, 0) is 86.5 Å². The summed E-state index contributed by atoms with van der Waals surface area (Å²) in [7, 11) is -3.06. The molecule has 3 heterocycles. The molecule has 14 aromatic rings. The lowest BCUT2D eigenvalue weighted by molar-refractivity contribution is 1.13. The number of hydrogen-bond acceptors (Lipinski definition) is 0. The van der Waals surface area contributed by atoms with Gasteiger partial charge in [0.1, 0.15) is 0 Å². The standard InChI is InChI=1S/C66H45N3Si/c1-5-21-46(22-6-1)47-37-39-48(40-38-47)67-58-33-17-13-31-55(58)56-42-41-49(45-63(56)67)68-61-36-20-16-32-57(61)65-64(44-43-62(66(65)68)69-59-34-18-14-29-53(59)54-30-15-19-35-60(54)69)70(50-23-7-2-8-24-50,51-25-9-3-10-26-51)52-27-11-4-12-28-52/h1-45H. The molecule has 4 heteroatoms. The average Bonchev–Trinajstić information content (AvgIpc) is 4.09. The Morgan fingerprint density at radius 3 is 1.19 bits per heavy atom. The van der Waals surface area contributed by atoms with E-state index in [2.05, 4.69) is 287 Å². The summed E-state index contributed by atoms with van der Waals surface area (Å²) in [4.78, 5) is 0. The van der Waals surface area contributed by atoms with Gasteiger partial charge >= 0.3 is 0 Å². The Morgan fingerprint density at radius 1 is 0.257 bits per heavy atom. The van der Waals surface area contributed by atoms with Gasteiger partial charge in [0.05, 0.1) is 38.8 Å². The highest BCUT2D eigenvalue weighted by Crippen LogP contribution is 2.41. The highest BCUT2D eigenvalue weighted by atomic mass is 28.3. The Kier molecular flexibility index (Phi) is 9.23. The van der Waals surface area contributed by atoms with Crippen molar-refractivity contribution in [2.45, 2.75) is 0 Å². The fraction of sp³-hybridized carbons (Fsp3) is 0. The molecule has 11 aromatic carbocycles. The number of hydrogen-bond donors (Lipinski definition) is 0. The molecule has 0 aliphatic rings. The third kappa shape index (κ3) is 5.94. The van der Waals surface area contributed by atoms with E-state index in [0.717, 1.165) is 22.6 Å². The monoisotopic (exact) mass is 907 g/mol. The summed E-state index contributed by atoms with van der Waals surface area (Å²) in [6, 6.07) is 102. The van der Waals surface area contributed by atoms with Crippen LogP contribution in [0.4, 0.5) is 0 Å². The van der Waals surface area contributed by atoms with Crippen LogP contribution >= 0.6 is 0 Å². The van der Waals surface area contributed by atoms with E-state index in [-0.39, 0.29) is 0 Å². The van der Waals surface area contributed by atoms with E-state index >= 15 is 0 Å². The van der Waals surface area contributed by atoms with Crippen molar-refractivity contribution in [3.8, 4) is 28.2 Å². The molecule has 0 spiro atoms. The third-order valence-electron chi connectivity index (χ3n) is 14.8. The molecule has 0 saturated carbocycles.